The van der Waals surface area contributed by atoms with Gasteiger partial charge in [0.1, 0.15) is 5.82 Å². The maximum atomic E-state index is 14.3. The molecule has 3 rings (SSSR count). The summed E-state index contributed by atoms with van der Waals surface area (Å²) in [6.07, 6.45) is 3.43. The summed E-state index contributed by atoms with van der Waals surface area (Å²) >= 11 is 0. The number of anilines is 1. The largest absolute Gasteiger partial charge is 0.366 e. The van der Waals surface area contributed by atoms with Gasteiger partial charge in [-0.1, -0.05) is 6.07 Å². The highest BCUT2D eigenvalue weighted by Gasteiger charge is 2.24. The minimum absolute atomic E-state index is 0.138. The molecule has 1 aliphatic heterocycles. The van der Waals surface area contributed by atoms with Gasteiger partial charge >= 0.3 is 6.03 Å². The topological polar surface area (TPSA) is 65.5 Å². The van der Waals surface area contributed by atoms with Gasteiger partial charge in [-0.25, -0.2) is 9.18 Å². The first-order chi connectivity index (χ1) is 13.0. The third-order valence-electron chi connectivity index (χ3n) is 4.79. The second kappa shape index (κ2) is 8.16. The Labute approximate surface area is 158 Å². The average Bonchev–Trinajstić information content (AvgIpc) is 2.68. The lowest BCUT2D eigenvalue weighted by Gasteiger charge is -2.36. The van der Waals surface area contributed by atoms with Crippen LogP contribution in [0.4, 0.5) is 14.9 Å². The summed E-state index contributed by atoms with van der Waals surface area (Å²) in [6, 6.07) is 8.01. The number of ketones is 1. The van der Waals surface area contributed by atoms with E-state index in [1.165, 1.54) is 13.0 Å². The number of hydrogen-bond donors (Lipinski definition) is 1. The van der Waals surface area contributed by atoms with Crippen LogP contribution in [-0.4, -0.2) is 47.9 Å². The van der Waals surface area contributed by atoms with Crippen molar-refractivity contribution in [3.05, 3.63) is 59.7 Å². The molecule has 7 heteroatoms. The van der Waals surface area contributed by atoms with Crippen molar-refractivity contribution in [3.8, 4) is 0 Å². The molecule has 27 heavy (non-hydrogen) atoms. The fourth-order valence-electron chi connectivity index (χ4n) is 3.12. The SMILES string of the molecule is CC(=O)c1ccc(N2CCN(C(=O)NC(C)c3cccnc3)CC2)c(F)c1. The predicted molar refractivity (Wildman–Crippen MR) is 101 cm³/mol. The van der Waals surface area contributed by atoms with Crippen molar-refractivity contribution >= 4 is 17.5 Å². The van der Waals surface area contributed by atoms with E-state index in [-0.39, 0.29) is 17.9 Å². The van der Waals surface area contributed by atoms with Crippen molar-refractivity contribution < 1.29 is 14.0 Å². The molecule has 1 fully saturated rings. The van der Waals surface area contributed by atoms with Gasteiger partial charge in [-0.2, -0.15) is 0 Å². The fourth-order valence-corrected chi connectivity index (χ4v) is 3.12. The number of rotatable bonds is 4. The van der Waals surface area contributed by atoms with E-state index >= 15 is 0 Å². The Bertz CT molecular complexity index is 820. The van der Waals surface area contributed by atoms with Crippen LogP contribution in [0.2, 0.25) is 0 Å². The van der Waals surface area contributed by atoms with Gasteiger partial charge in [0.15, 0.2) is 5.78 Å². The summed E-state index contributed by atoms with van der Waals surface area (Å²) in [5, 5.41) is 2.97. The Hall–Kier alpha value is -2.96. The normalized spacial score (nSPS) is 15.4. The molecule has 2 aromatic rings. The summed E-state index contributed by atoms with van der Waals surface area (Å²) in [7, 11) is 0. The first-order valence-electron chi connectivity index (χ1n) is 8.96. The Balaban J connectivity index is 1.57. The third kappa shape index (κ3) is 4.42. The molecule has 6 nitrogen and oxygen atoms in total. The number of pyridine rings is 1. The van der Waals surface area contributed by atoms with Gasteiger partial charge in [0.2, 0.25) is 0 Å². The molecule has 1 aromatic carbocycles. The number of carbonyl (C=O) groups excluding carboxylic acids is 2. The Kier molecular flexibility index (Phi) is 5.69. The Morgan fingerprint density at radius 2 is 1.93 bits per heavy atom. The third-order valence-corrected chi connectivity index (χ3v) is 4.79. The van der Waals surface area contributed by atoms with Gasteiger partial charge in [0.05, 0.1) is 11.7 Å². The summed E-state index contributed by atoms with van der Waals surface area (Å²) in [6.45, 7) is 5.39. The van der Waals surface area contributed by atoms with Crippen molar-refractivity contribution in [1.29, 1.82) is 0 Å². The van der Waals surface area contributed by atoms with E-state index in [4.69, 9.17) is 0 Å². The number of halogens is 1. The smallest absolute Gasteiger partial charge is 0.317 e. The first kappa shape index (κ1) is 18.8. The van der Waals surface area contributed by atoms with E-state index in [0.717, 1.165) is 5.56 Å². The second-order valence-electron chi connectivity index (χ2n) is 6.65. The number of carbonyl (C=O) groups is 2. The maximum absolute atomic E-state index is 14.3. The fraction of sp³-hybridized carbons (Fsp3) is 0.350. The lowest BCUT2D eigenvalue weighted by molar-refractivity contribution is 0.101. The van der Waals surface area contributed by atoms with Crippen molar-refractivity contribution in [3.63, 3.8) is 0 Å². The zero-order valence-corrected chi connectivity index (χ0v) is 15.5. The molecule has 1 aliphatic rings. The summed E-state index contributed by atoms with van der Waals surface area (Å²) in [5.41, 5.74) is 1.76. The molecule has 1 saturated heterocycles. The molecule has 1 unspecified atom stereocenters. The van der Waals surface area contributed by atoms with E-state index < -0.39 is 5.82 Å². The van der Waals surface area contributed by atoms with E-state index in [1.807, 2.05) is 24.0 Å². The van der Waals surface area contributed by atoms with Crippen LogP contribution >= 0.6 is 0 Å². The molecule has 0 radical (unpaired) electrons. The molecule has 1 atom stereocenters. The molecular formula is C20H23FN4O2. The molecule has 1 aromatic heterocycles. The number of benzene rings is 1. The summed E-state index contributed by atoms with van der Waals surface area (Å²) in [5.74, 6) is -0.574. The van der Waals surface area contributed by atoms with Crippen LogP contribution in [0.5, 0.6) is 0 Å². The quantitative estimate of drug-likeness (QED) is 0.841. The lowest BCUT2D eigenvalue weighted by atomic mass is 10.1. The number of urea groups is 1. The van der Waals surface area contributed by atoms with Crippen LogP contribution in [0.15, 0.2) is 42.7 Å². The van der Waals surface area contributed by atoms with Crippen LogP contribution in [0.1, 0.15) is 35.8 Å². The molecule has 0 bridgehead atoms. The number of nitrogens with zero attached hydrogens (tertiary/aromatic N) is 3. The first-order valence-corrected chi connectivity index (χ1v) is 8.96. The van der Waals surface area contributed by atoms with Crippen molar-refractivity contribution in [1.82, 2.24) is 15.2 Å². The van der Waals surface area contributed by atoms with Crippen molar-refractivity contribution in [2.45, 2.75) is 19.9 Å². The van der Waals surface area contributed by atoms with Gasteiger partial charge < -0.3 is 15.1 Å². The zero-order chi connectivity index (χ0) is 19.4. The van der Waals surface area contributed by atoms with Crippen LogP contribution in [0, 0.1) is 5.82 Å². The Morgan fingerprint density at radius 1 is 1.19 bits per heavy atom. The van der Waals surface area contributed by atoms with Gasteiger partial charge in [0.25, 0.3) is 0 Å². The highest BCUT2D eigenvalue weighted by Crippen LogP contribution is 2.22. The summed E-state index contributed by atoms with van der Waals surface area (Å²) < 4.78 is 14.3. The number of piperazine rings is 1. The molecule has 2 amide bonds. The summed E-state index contributed by atoms with van der Waals surface area (Å²) in [4.78, 5) is 31.5. The van der Waals surface area contributed by atoms with Gasteiger partial charge in [-0.15, -0.1) is 0 Å². The highest BCUT2D eigenvalue weighted by molar-refractivity contribution is 5.94. The number of aromatic nitrogens is 1. The van der Waals surface area contributed by atoms with E-state index in [9.17, 15) is 14.0 Å². The number of amides is 2. The van der Waals surface area contributed by atoms with Crippen molar-refractivity contribution in [2.75, 3.05) is 31.1 Å². The standard InChI is InChI=1S/C20H23FN4O2/c1-14(17-4-3-7-22-13-17)23-20(27)25-10-8-24(9-11-25)19-6-5-16(15(2)26)12-18(19)21/h3-7,12-14H,8-11H2,1-2H3,(H,23,27). The van der Waals surface area contributed by atoms with Crippen LogP contribution in [-0.2, 0) is 0 Å². The molecular weight excluding hydrogens is 347 g/mol. The lowest BCUT2D eigenvalue weighted by Crippen LogP contribution is -2.52. The average molecular weight is 370 g/mol. The number of nitrogens with one attached hydrogen (secondary N) is 1. The molecule has 0 saturated carbocycles. The van der Waals surface area contributed by atoms with E-state index in [1.54, 1.807) is 29.4 Å². The molecule has 1 N–H and O–H groups in total. The predicted octanol–water partition coefficient (Wildman–Crippen LogP) is 3.02. The van der Waals surface area contributed by atoms with E-state index in [0.29, 0.717) is 37.4 Å². The minimum Gasteiger partial charge on any atom is -0.366 e. The minimum atomic E-state index is -0.411. The monoisotopic (exact) mass is 370 g/mol. The number of Topliss-reactive ketones (excluding diaryl/α,β-unsaturated/α-hetero) is 1. The molecule has 142 valence electrons. The van der Waals surface area contributed by atoms with Crippen LogP contribution in [0.25, 0.3) is 0 Å². The number of hydrogen-bond acceptors (Lipinski definition) is 4. The second-order valence-corrected chi connectivity index (χ2v) is 6.65. The Morgan fingerprint density at radius 3 is 2.52 bits per heavy atom. The van der Waals surface area contributed by atoms with Gasteiger partial charge in [-0.3, -0.25) is 9.78 Å². The molecule has 0 aliphatic carbocycles. The van der Waals surface area contributed by atoms with Gasteiger partial charge in [-0.05, 0) is 43.7 Å². The molecule has 0 spiro atoms. The van der Waals surface area contributed by atoms with Crippen LogP contribution < -0.4 is 10.2 Å². The highest BCUT2D eigenvalue weighted by atomic mass is 19.1. The zero-order valence-electron chi connectivity index (χ0n) is 15.5. The van der Waals surface area contributed by atoms with Crippen molar-refractivity contribution in [2.24, 2.45) is 0 Å². The molecule has 2 heterocycles. The maximum Gasteiger partial charge on any atom is 0.317 e. The van der Waals surface area contributed by atoms with Crippen LogP contribution in [0.3, 0.4) is 0 Å². The van der Waals surface area contributed by atoms with E-state index in [2.05, 4.69) is 10.3 Å². The van der Waals surface area contributed by atoms with Gasteiger partial charge in [0, 0.05) is 44.1 Å².